The van der Waals surface area contributed by atoms with Crippen LogP contribution in [0.1, 0.15) is 0 Å². The van der Waals surface area contributed by atoms with Gasteiger partial charge in [0.1, 0.15) is 9.79 Å². The molecule has 0 aliphatic rings. The highest BCUT2D eigenvalue weighted by Crippen LogP contribution is 2.37. The molecule has 2 heterocycles. The van der Waals surface area contributed by atoms with Gasteiger partial charge in [-0.1, -0.05) is 36.4 Å². The largest absolute Gasteiger partial charge is 0.348 e. The molecular weight excluding hydrogens is 480 g/mol. The SMILES string of the molecule is Cn1c(=O)c([N+](=O)[O-])c(SCCSc2c([N+](=O)[O-])c(=O)n(C)c3ccccc23)c2ccccc21. The summed E-state index contributed by atoms with van der Waals surface area (Å²) in [4.78, 5) is 47.8. The van der Waals surface area contributed by atoms with Crippen LogP contribution in [-0.4, -0.2) is 30.5 Å². The number of para-hydroxylation sites is 2. The van der Waals surface area contributed by atoms with Crippen LogP contribution in [0.25, 0.3) is 21.8 Å². The second-order valence-electron chi connectivity index (χ2n) is 7.33. The molecule has 0 fully saturated rings. The van der Waals surface area contributed by atoms with Crippen LogP contribution < -0.4 is 11.1 Å². The molecule has 2 aromatic heterocycles. The van der Waals surface area contributed by atoms with Crippen molar-refractivity contribution in [2.75, 3.05) is 11.5 Å². The molecule has 4 aromatic rings. The van der Waals surface area contributed by atoms with Gasteiger partial charge in [0.25, 0.3) is 0 Å². The molecule has 0 spiro atoms. The molecule has 0 unspecified atom stereocenters. The average molecular weight is 499 g/mol. The summed E-state index contributed by atoms with van der Waals surface area (Å²) < 4.78 is 2.50. The highest BCUT2D eigenvalue weighted by Gasteiger charge is 2.27. The van der Waals surface area contributed by atoms with Crippen LogP contribution in [0.15, 0.2) is 67.9 Å². The molecule has 2 aromatic carbocycles. The van der Waals surface area contributed by atoms with Gasteiger partial charge < -0.3 is 9.13 Å². The summed E-state index contributed by atoms with van der Waals surface area (Å²) in [6.07, 6.45) is 0. The van der Waals surface area contributed by atoms with Gasteiger partial charge in [0.2, 0.25) is 0 Å². The minimum absolute atomic E-state index is 0.257. The molecule has 4 rings (SSSR count). The molecule has 12 heteroatoms. The minimum atomic E-state index is -0.702. The number of nitrogens with zero attached hydrogens (tertiary/aromatic N) is 4. The lowest BCUT2D eigenvalue weighted by molar-refractivity contribution is -0.389. The zero-order valence-corrected chi connectivity index (χ0v) is 19.7. The maximum absolute atomic E-state index is 12.6. The fourth-order valence-electron chi connectivity index (χ4n) is 3.80. The highest BCUT2D eigenvalue weighted by molar-refractivity contribution is 8.03. The van der Waals surface area contributed by atoms with Gasteiger partial charge in [0.05, 0.1) is 20.9 Å². The zero-order valence-electron chi connectivity index (χ0n) is 18.1. The van der Waals surface area contributed by atoms with E-state index in [-0.39, 0.29) is 9.79 Å². The van der Waals surface area contributed by atoms with Crippen molar-refractivity contribution in [3.05, 3.63) is 89.5 Å². The third-order valence-electron chi connectivity index (χ3n) is 5.41. The monoisotopic (exact) mass is 498 g/mol. The Labute approximate surface area is 200 Å². The fraction of sp³-hybridized carbons (Fsp3) is 0.182. The number of aryl methyl sites for hydroxylation is 2. The van der Waals surface area contributed by atoms with Crippen LogP contribution in [0.5, 0.6) is 0 Å². The first-order chi connectivity index (χ1) is 16.2. The number of benzene rings is 2. The molecule has 0 bridgehead atoms. The summed E-state index contributed by atoms with van der Waals surface area (Å²) in [5, 5.41) is 24.5. The molecular formula is C22H18N4O6S2. The summed E-state index contributed by atoms with van der Waals surface area (Å²) in [5.41, 5.74) is -1.26. The molecule has 0 saturated heterocycles. The normalized spacial score (nSPS) is 11.2. The van der Waals surface area contributed by atoms with Crippen molar-refractivity contribution < 1.29 is 9.85 Å². The second-order valence-corrected chi connectivity index (χ2v) is 9.54. The van der Waals surface area contributed by atoms with Crippen molar-refractivity contribution in [3.63, 3.8) is 0 Å². The number of nitro groups is 2. The molecule has 34 heavy (non-hydrogen) atoms. The zero-order chi connectivity index (χ0) is 24.6. The van der Waals surface area contributed by atoms with Gasteiger partial charge in [0, 0.05) is 36.4 Å². The average Bonchev–Trinajstić information content (AvgIpc) is 2.82. The Morgan fingerprint density at radius 2 is 1.06 bits per heavy atom. The number of fused-ring (bicyclic) bond motifs is 2. The van der Waals surface area contributed by atoms with Crippen LogP contribution >= 0.6 is 23.5 Å². The lowest BCUT2D eigenvalue weighted by Gasteiger charge is -2.12. The maximum Gasteiger partial charge on any atom is 0.348 e. The van der Waals surface area contributed by atoms with Crippen molar-refractivity contribution in [2.45, 2.75) is 9.79 Å². The van der Waals surface area contributed by atoms with Crippen molar-refractivity contribution in [1.82, 2.24) is 9.13 Å². The lowest BCUT2D eigenvalue weighted by Crippen LogP contribution is -2.21. The van der Waals surface area contributed by atoms with Crippen LogP contribution in [0, 0.1) is 20.2 Å². The predicted molar refractivity (Wildman–Crippen MR) is 133 cm³/mol. The van der Waals surface area contributed by atoms with Crippen molar-refractivity contribution in [3.8, 4) is 0 Å². The van der Waals surface area contributed by atoms with E-state index in [4.69, 9.17) is 0 Å². The van der Waals surface area contributed by atoms with E-state index in [9.17, 15) is 29.8 Å². The third kappa shape index (κ3) is 3.94. The predicted octanol–water partition coefficient (Wildman–Crippen LogP) is 4.09. The summed E-state index contributed by atoms with van der Waals surface area (Å²) in [6.45, 7) is 0. The van der Waals surface area contributed by atoms with Gasteiger partial charge in [-0.15, -0.1) is 23.5 Å². The van der Waals surface area contributed by atoms with Crippen LogP contribution in [0.2, 0.25) is 0 Å². The van der Waals surface area contributed by atoms with Crippen molar-refractivity contribution >= 4 is 56.7 Å². The lowest BCUT2D eigenvalue weighted by atomic mass is 10.2. The van der Waals surface area contributed by atoms with Crippen LogP contribution in [-0.2, 0) is 14.1 Å². The Morgan fingerprint density at radius 3 is 1.41 bits per heavy atom. The third-order valence-corrected chi connectivity index (χ3v) is 7.88. The van der Waals surface area contributed by atoms with E-state index in [2.05, 4.69) is 0 Å². The van der Waals surface area contributed by atoms with Gasteiger partial charge >= 0.3 is 22.5 Å². The number of pyridine rings is 2. The molecule has 0 atom stereocenters. The first-order valence-electron chi connectivity index (χ1n) is 10.0. The van der Waals surface area contributed by atoms with E-state index in [0.29, 0.717) is 33.3 Å². The molecule has 0 aliphatic heterocycles. The van der Waals surface area contributed by atoms with E-state index in [1.165, 1.54) is 23.2 Å². The van der Waals surface area contributed by atoms with E-state index in [1.54, 1.807) is 48.5 Å². The minimum Gasteiger partial charge on any atom is -0.305 e. The number of hydrogen-bond donors (Lipinski definition) is 0. The van der Waals surface area contributed by atoms with E-state index >= 15 is 0 Å². The second kappa shape index (κ2) is 9.31. The standard InChI is InChI=1S/C22H18N4O6S2/c1-23-15-9-5-3-7-13(15)19(17(21(23)27)25(29)30)33-11-12-34-20-14-8-4-6-10-16(14)24(2)22(28)18(20)26(31)32/h3-10H,11-12H2,1-2H3. The van der Waals surface area contributed by atoms with Gasteiger partial charge in [-0.3, -0.25) is 29.8 Å². The maximum atomic E-state index is 12.6. The molecule has 0 N–H and O–H groups in total. The number of rotatable bonds is 7. The highest BCUT2D eigenvalue weighted by atomic mass is 32.2. The molecule has 10 nitrogen and oxygen atoms in total. The summed E-state index contributed by atoms with van der Waals surface area (Å²) >= 11 is 2.29. The Hall–Kier alpha value is -3.64. The van der Waals surface area contributed by atoms with Gasteiger partial charge in [0.15, 0.2) is 0 Å². The molecule has 0 amide bonds. The summed E-state index contributed by atoms with van der Waals surface area (Å²) in [6, 6.07) is 13.8. The fourth-order valence-corrected chi connectivity index (χ4v) is 6.13. The topological polar surface area (TPSA) is 130 Å². The van der Waals surface area contributed by atoms with Crippen LogP contribution in [0.4, 0.5) is 11.4 Å². The number of hydrogen-bond acceptors (Lipinski definition) is 8. The molecule has 174 valence electrons. The van der Waals surface area contributed by atoms with Crippen molar-refractivity contribution in [2.24, 2.45) is 14.1 Å². The van der Waals surface area contributed by atoms with Gasteiger partial charge in [-0.25, -0.2) is 0 Å². The van der Waals surface area contributed by atoms with E-state index in [0.717, 1.165) is 23.5 Å². The first-order valence-corrected chi connectivity index (χ1v) is 12.0. The Balaban J connectivity index is 1.70. The van der Waals surface area contributed by atoms with E-state index in [1.807, 2.05) is 0 Å². The summed E-state index contributed by atoms with van der Waals surface area (Å²) in [5.74, 6) is 0.646. The van der Waals surface area contributed by atoms with Gasteiger partial charge in [-0.2, -0.15) is 0 Å². The van der Waals surface area contributed by atoms with Gasteiger partial charge in [-0.05, 0) is 12.1 Å². The first kappa shape index (κ1) is 23.5. The molecule has 0 radical (unpaired) electrons. The van der Waals surface area contributed by atoms with E-state index < -0.39 is 32.3 Å². The smallest absolute Gasteiger partial charge is 0.305 e. The molecule has 0 aliphatic carbocycles. The Bertz CT molecular complexity index is 1480. The Morgan fingerprint density at radius 1 is 0.706 bits per heavy atom. The quantitative estimate of drug-likeness (QED) is 0.161. The number of thioether (sulfide) groups is 2. The summed E-state index contributed by atoms with van der Waals surface area (Å²) in [7, 11) is 2.98. The van der Waals surface area contributed by atoms with Crippen molar-refractivity contribution in [1.29, 1.82) is 0 Å². The molecule has 0 saturated carbocycles. The van der Waals surface area contributed by atoms with Crippen LogP contribution in [0.3, 0.4) is 0 Å². The Kier molecular flexibility index (Phi) is 6.44. The number of aromatic nitrogens is 2.